The normalized spacial score (nSPS) is 12.6. The van der Waals surface area contributed by atoms with E-state index in [0.717, 1.165) is 23.8 Å². The van der Waals surface area contributed by atoms with Crippen LogP contribution in [0.2, 0.25) is 5.02 Å². The Bertz CT molecular complexity index is 1140. The number of nitrogens with zero attached hydrogens (tertiary/aromatic N) is 2. The van der Waals surface area contributed by atoms with Gasteiger partial charge in [-0.05, 0) is 69.9 Å². The van der Waals surface area contributed by atoms with Gasteiger partial charge in [0.25, 0.3) is 0 Å². The predicted molar refractivity (Wildman–Crippen MR) is 147 cm³/mol. The van der Waals surface area contributed by atoms with E-state index in [1.165, 1.54) is 9.21 Å². The number of carbonyl (C=O) groups is 2. The number of halogens is 1. The van der Waals surface area contributed by atoms with Crippen LogP contribution in [0.5, 0.6) is 0 Å². The lowest BCUT2D eigenvalue weighted by Crippen LogP contribution is -2.52. The van der Waals surface area contributed by atoms with Crippen molar-refractivity contribution in [3.05, 3.63) is 64.7 Å². The number of sulfonamides is 1. The van der Waals surface area contributed by atoms with Gasteiger partial charge in [0.15, 0.2) is 0 Å². The lowest BCUT2D eigenvalue weighted by atomic mass is 10.1. The zero-order chi connectivity index (χ0) is 27.1. The van der Waals surface area contributed by atoms with E-state index >= 15 is 0 Å². The molecule has 0 saturated carbocycles. The third-order valence-corrected chi connectivity index (χ3v) is 7.31. The van der Waals surface area contributed by atoms with Gasteiger partial charge in [-0.25, -0.2) is 8.42 Å². The molecule has 7 nitrogen and oxygen atoms in total. The van der Waals surface area contributed by atoms with E-state index in [0.29, 0.717) is 17.1 Å². The van der Waals surface area contributed by atoms with Crippen LogP contribution in [0.3, 0.4) is 0 Å². The molecule has 2 aromatic carbocycles. The van der Waals surface area contributed by atoms with Crippen molar-refractivity contribution in [3.8, 4) is 0 Å². The number of carbonyl (C=O) groups excluding carboxylic acids is 2. The molecule has 1 N–H and O–H groups in total. The second-order valence-corrected chi connectivity index (χ2v) is 12.3. The minimum absolute atomic E-state index is 0.0800. The molecule has 2 amide bonds. The van der Waals surface area contributed by atoms with Crippen molar-refractivity contribution in [1.82, 2.24) is 10.2 Å². The van der Waals surface area contributed by atoms with E-state index in [1.807, 2.05) is 52.0 Å². The van der Waals surface area contributed by atoms with Gasteiger partial charge < -0.3 is 10.2 Å². The van der Waals surface area contributed by atoms with Crippen molar-refractivity contribution in [1.29, 1.82) is 0 Å². The quantitative estimate of drug-likeness (QED) is 0.448. The Morgan fingerprint density at radius 2 is 1.67 bits per heavy atom. The zero-order valence-electron chi connectivity index (χ0n) is 22.0. The molecule has 36 heavy (non-hydrogen) atoms. The highest BCUT2D eigenvalue weighted by Gasteiger charge is 2.29. The molecule has 0 fully saturated rings. The number of anilines is 1. The molecular weight excluding hydrogens is 498 g/mol. The maximum absolute atomic E-state index is 13.4. The summed E-state index contributed by atoms with van der Waals surface area (Å²) in [6, 6.07) is 13.8. The van der Waals surface area contributed by atoms with Gasteiger partial charge in [-0.3, -0.25) is 13.9 Å². The van der Waals surface area contributed by atoms with Gasteiger partial charge in [0.1, 0.15) is 6.04 Å². The first-order valence-corrected chi connectivity index (χ1v) is 14.4. The van der Waals surface area contributed by atoms with E-state index < -0.39 is 21.6 Å². The first kappa shape index (κ1) is 29.6. The van der Waals surface area contributed by atoms with E-state index in [-0.39, 0.29) is 31.3 Å². The van der Waals surface area contributed by atoms with Gasteiger partial charge in [-0.1, -0.05) is 48.9 Å². The molecule has 9 heteroatoms. The topological polar surface area (TPSA) is 86.8 Å². The number of amides is 2. The second-order valence-electron chi connectivity index (χ2n) is 9.99. The van der Waals surface area contributed by atoms with Crippen LogP contribution < -0.4 is 9.62 Å². The van der Waals surface area contributed by atoms with Crippen LogP contribution in [-0.2, 0) is 32.6 Å². The molecule has 1 atom stereocenters. The van der Waals surface area contributed by atoms with Crippen LogP contribution >= 0.6 is 11.6 Å². The summed E-state index contributed by atoms with van der Waals surface area (Å²) in [5.41, 5.74) is 1.96. The van der Waals surface area contributed by atoms with Gasteiger partial charge in [0.2, 0.25) is 21.8 Å². The Hall–Kier alpha value is -2.58. The third kappa shape index (κ3) is 8.82. The number of nitrogens with one attached hydrogen (secondary N) is 1. The number of benzene rings is 2. The fraction of sp³-hybridized carbons (Fsp3) is 0.481. The summed E-state index contributed by atoms with van der Waals surface area (Å²) >= 11 is 6.34. The van der Waals surface area contributed by atoms with Crippen LogP contribution in [0.1, 0.15) is 58.6 Å². The summed E-state index contributed by atoms with van der Waals surface area (Å²) in [6.07, 6.45) is 2.39. The molecule has 0 heterocycles. The number of hydrogen-bond acceptors (Lipinski definition) is 4. The maximum Gasteiger partial charge on any atom is 0.242 e. The smallest absolute Gasteiger partial charge is 0.242 e. The van der Waals surface area contributed by atoms with Crippen LogP contribution in [0, 0.1) is 0 Å². The Morgan fingerprint density at radius 3 is 2.19 bits per heavy atom. The SMILES string of the molecule is CCc1ccc(N(CCCC(=O)N(Cc2ccccc2Cl)C(C)C(=O)NC(C)(C)C)S(C)(=O)=O)cc1. The fourth-order valence-electron chi connectivity index (χ4n) is 3.77. The van der Waals surface area contributed by atoms with Crippen LogP contribution in [0.25, 0.3) is 0 Å². The van der Waals surface area contributed by atoms with Crippen molar-refractivity contribution < 1.29 is 18.0 Å². The van der Waals surface area contributed by atoms with Crippen molar-refractivity contribution in [2.45, 2.75) is 72.0 Å². The van der Waals surface area contributed by atoms with Crippen molar-refractivity contribution in [2.24, 2.45) is 0 Å². The summed E-state index contributed by atoms with van der Waals surface area (Å²) < 4.78 is 26.2. The zero-order valence-corrected chi connectivity index (χ0v) is 23.6. The summed E-state index contributed by atoms with van der Waals surface area (Å²) in [6.45, 7) is 9.68. The molecule has 2 rings (SSSR count). The second kappa shape index (κ2) is 12.6. The van der Waals surface area contributed by atoms with Gasteiger partial charge in [0, 0.05) is 30.1 Å². The molecule has 0 aliphatic carbocycles. The summed E-state index contributed by atoms with van der Waals surface area (Å²) in [4.78, 5) is 27.8. The Morgan fingerprint density at radius 1 is 1.06 bits per heavy atom. The van der Waals surface area contributed by atoms with Gasteiger partial charge in [0.05, 0.1) is 11.9 Å². The molecule has 198 valence electrons. The largest absolute Gasteiger partial charge is 0.350 e. The Labute approximate surface area is 220 Å². The monoisotopic (exact) mass is 535 g/mol. The molecule has 0 aliphatic rings. The van der Waals surface area contributed by atoms with Crippen LogP contribution in [-0.4, -0.2) is 49.5 Å². The van der Waals surface area contributed by atoms with Gasteiger partial charge >= 0.3 is 0 Å². The minimum Gasteiger partial charge on any atom is -0.350 e. The molecule has 0 radical (unpaired) electrons. The predicted octanol–water partition coefficient (Wildman–Crippen LogP) is 4.78. The summed E-state index contributed by atoms with van der Waals surface area (Å²) in [7, 11) is -3.53. The van der Waals surface area contributed by atoms with Gasteiger partial charge in [-0.2, -0.15) is 0 Å². The molecule has 0 bridgehead atoms. The maximum atomic E-state index is 13.4. The van der Waals surface area contributed by atoms with Crippen LogP contribution in [0.4, 0.5) is 5.69 Å². The molecule has 0 aromatic heterocycles. The third-order valence-electron chi connectivity index (χ3n) is 5.75. The molecule has 1 unspecified atom stereocenters. The number of aryl methyl sites for hydroxylation is 1. The molecule has 2 aromatic rings. The lowest BCUT2D eigenvalue weighted by Gasteiger charge is -2.32. The minimum atomic E-state index is -3.53. The average molecular weight is 536 g/mol. The van der Waals surface area contributed by atoms with E-state index in [9.17, 15) is 18.0 Å². The van der Waals surface area contributed by atoms with Crippen molar-refractivity contribution in [2.75, 3.05) is 17.1 Å². The van der Waals surface area contributed by atoms with Gasteiger partial charge in [-0.15, -0.1) is 0 Å². The lowest BCUT2D eigenvalue weighted by molar-refractivity contribution is -0.141. The van der Waals surface area contributed by atoms with Crippen molar-refractivity contribution >= 4 is 39.1 Å². The highest BCUT2D eigenvalue weighted by Crippen LogP contribution is 2.22. The molecule has 0 spiro atoms. The first-order valence-electron chi connectivity index (χ1n) is 12.1. The molecular formula is C27H38ClN3O4S. The average Bonchev–Trinajstić information content (AvgIpc) is 2.79. The number of hydrogen-bond donors (Lipinski definition) is 1. The Kier molecular flexibility index (Phi) is 10.4. The Balaban J connectivity index is 2.19. The summed E-state index contributed by atoms with van der Waals surface area (Å²) in [5.74, 6) is -0.516. The molecule has 0 saturated heterocycles. The first-order chi connectivity index (χ1) is 16.7. The van der Waals surface area contributed by atoms with E-state index in [1.54, 1.807) is 31.2 Å². The highest BCUT2D eigenvalue weighted by molar-refractivity contribution is 7.92. The number of rotatable bonds is 11. The molecule has 0 aliphatic heterocycles. The highest BCUT2D eigenvalue weighted by atomic mass is 35.5. The van der Waals surface area contributed by atoms with E-state index in [4.69, 9.17) is 11.6 Å². The van der Waals surface area contributed by atoms with Crippen molar-refractivity contribution in [3.63, 3.8) is 0 Å². The van der Waals surface area contributed by atoms with E-state index in [2.05, 4.69) is 5.32 Å². The standard InChI is InChI=1S/C27H38ClN3O4S/c1-7-21-14-16-23(17-15-21)31(36(6,34)35)18-10-13-25(32)30(19-22-11-8-9-12-24(22)28)20(2)26(33)29-27(3,4)5/h8-9,11-12,14-17,20H,7,10,13,18-19H2,1-6H3,(H,29,33). The summed E-state index contributed by atoms with van der Waals surface area (Å²) in [5, 5.41) is 3.44. The fourth-order valence-corrected chi connectivity index (χ4v) is 4.93. The van der Waals surface area contributed by atoms with Crippen LogP contribution in [0.15, 0.2) is 48.5 Å².